The van der Waals surface area contributed by atoms with Gasteiger partial charge < -0.3 is 19.4 Å². The molecule has 0 aliphatic carbocycles. The van der Waals surface area contributed by atoms with Crippen molar-refractivity contribution in [1.82, 2.24) is 9.55 Å². The van der Waals surface area contributed by atoms with E-state index in [9.17, 15) is 4.79 Å². The van der Waals surface area contributed by atoms with Gasteiger partial charge in [-0.1, -0.05) is 43.8 Å². The number of aryl methyl sites for hydroxylation is 1. The number of hydrogen-bond donors (Lipinski definition) is 1. The van der Waals surface area contributed by atoms with E-state index in [0.29, 0.717) is 19.1 Å². The minimum atomic E-state index is -0.301. The van der Waals surface area contributed by atoms with Crippen molar-refractivity contribution in [3.63, 3.8) is 0 Å². The molecule has 174 valence electrons. The van der Waals surface area contributed by atoms with Gasteiger partial charge in [0.25, 0.3) is 0 Å². The Morgan fingerprint density at radius 1 is 1.15 bits per heavy atom. The predicted molar refractivity (Wildman–Crippen MR) is 134 cm³/mol. The number of benzene rings is 2. The summed E-state index contributed by atoms with van der Waals surface area (Å²) >= 11 is 1.47. The summed E-state index contributed by atoms with van der Waals surface area (Å²) in [6, 6.07) is 12.1. The van der Waals surface area contributed by atoms with Crippen molar-refractivity contribution in [3.05, 3.63) is 53.7 Å². The van der Waals surface area contributed by atoms with Gasteiger partial charge in [0.15, 0.2) is 16.7 Å². The molecule has 1 aliphatic heterocycles. The third kappa shape index (κ3) is 4.88. The van der Waals surface area contributed by atoms with Gasteiger partial charge in [-0.2, -0.15) is 0 Å². The highest BCUT2D eigenvalue weighted by atomic mass is 32.2. The number of hydrogen-bond acceptors (Lipinski definition) is 5. The number of para-hydroxylation sites is 1. The van der Waals surface area contributed by atoms with Gasteiger partial charge >= 0.3 is 0 Å². The summed E-state index contributed by atoms with van der Waals surface area (Å²) in [5, 5.41) is 3.68. The molecule has 2 aromatic carbocycles. The van der Waals surface area contributed by atoms with Crippen LogP contribution in [0, 0.1) is 6.92 Å². The highest BCUT2D eigenvalue weighted by molar-refractivity contribution is 8.00. The average Bonchev–Trinajstić information content (AvgIpc) is 3.22. The summed E-state index contributed by atoms with van der Waals surface area (Å²) in [4.78, 5) is 17.7. The lowest BCUT2D eigenvalue weighted by Gasteiger charge is -2.20. The number of fused-ring (bicyclic) bond motifs is 1. The molecule has 1 unspecified atom stereocenters. The van der Waals surface area contributed by atoms with Crippen molar-refractivity contribution in [2.24, 2.45) is 0 Å². The van der Waals surface area contributed by atoms with Crippen LogP contribution in [0.15, 0.2) is 47.8 Å². The van der Waals surface area contributed by atoms with Crippen LogP contribution in [0.4, 0.5) is 5.69 Å². The number of anilines is 1. The van der Waals surface area contributed by atoms with E-state index < -0.39 is 0 Å². The Morgan fingerprint density at radius 2 is 1.91 bits per heavy atom. The smallest absolute Gasteiger partial charge is 0.237 e. The van der Waals surface area contributed by atoms with Gasteiger partial charge in [-0.05, 0) is 56.0 Å². The second-order valence-corrected chi connectivity index (χ2v) is 9.78. The van der Waals surface area contributed by atoms with Crippen molar-refractivity contribution < 1.29 is 14.3 Å². The molecule has 0 saturated heterocycles. The lowest BCUT2D eigenvalue weighted by Crippen LogP contribution is -2.24. The average molecular weight is 466 g/mol. The molecule has 0 bridgehead atoms. The molecule has 4 rings (SSSR count). The second-order valence-electron chi connectivity index (χ2n) is 8.47. The lowest BCUT2D eigenvalue weighted by atomic mass is 9.98. The first-order valence-corrected chi connectivity index (χ1v) is 12.3. The monoisotopic (exact) mass is 465 g/mol. The molecule has 0 spiro atoms. The third-order valence-corrected chi connectivity index (χ3v) is 6.90. The summed E-state index contributed by atoms with van der Waals surface area (Å²) in [5.74, 6) is 1.83. The number of carbonyl (C=O) groups is 1. The minimum Gasteiger partial charge on any atom is -0.486 e. The Hall–Kier alpha value is -2.93. The van der Waals surface area contributed by atoms with Crippen molar-refractivity contribution in [1.29, 1.82) is 0 Å². The molecular formula is C26H31N3O3S. The molecule has 3 aromatic rings. The van der Waals surface area contributed by atoms with E-state index in [1.807, 2.05) is 50.4 Å². The largest absolute Gasteiger partial charge is 0.486 e. The summed E-state index contributed by atoms with van der Waals surface area (Å²) in [6.45, 7) is 12.2. The highest BCUT2D eigenvalue weighted by Crippen LogP contribution is 2.36. The first-order chi connectivity index (χ1) is 15.9. The van der Waals surface area contributed by atoms with Crippen LogP contribution in [0.2, 0.25) is 0 Å². The number of ether oxygens (including phenoxy) is 2. The molecule has 1 atom stereocenters. The maximum atomic E-state index is 13.1. The van der Waals surface area contributed by atoms with Crippen LogP contribution < -0.4 is 14.8 Å². The summed E-state index contributed by atoms with van der Waals surface area (Å²) < 4.78 is 13.5. The van der Waals surface area contributed by atoms with Crippen LogP contribution in [-0.4, -0.2) is 33.9 Å². The molecule has 1 amide bonds. The number of nitrogens with zero attached hydrogens (tertiary/aromatic N) is 2. The molecule has 2 heterocycles. The van der Waals surface area contributed by atoms with Crippen molar-refractivity contribution in [2.45, 2.75) is 57.5 Å². The number of imidazole rings is 1. The fourth-order valence-corrected chi connectivity index (χ4v) is 4.92. The van der Waals surface area contributed by atoms with E-state index >= 15 is 0 Å². The first-order valence-electron chi connectivity index (χ1n) is 11.4. The summed E-state index contributed by atoms with van der Waals surface area (Å²) in [6.07, 6.45) is 1.86. The van der Waals surface area contributed by atoms with Gasteiger partial charge in [0.2, 0.25) is 5.91 Å². The molecule has 1 aromatic heterocycles. The van der Waals surface area contributed by atoms with Gasteiger partial charge in [-0.15, -0.1) is 0 Å². The fraction of sp³-hybridized carbons (Fsp3) is 0.385. The van der Waals surface area contributed by atoms with Gasteiger partial charge in [-0.3, -0.25) is 4.79 Å². The van der Waals surface area contributed by atoms with Crippen molar-refractivity contribution in [3.8, 4) is 22.8 Å². The Kier molecular flexibility index (Phi) is 6.98. The van der Waals surface area contributed by atoms with Crippen LogP contribution in [0.1, 0.15) is 44.7 Å². The van der Waals surface area contributed by atoms with Gasteiger partial charge in [0.1, 0.15) is 13.2 Å². The molecule has 33 heavy (non-hydrogen) atoms. The van der Waals surface area contributed by atoms with E-state index in [4.69, 9.17) is 9.47 Å². The third-order valence-electron chi connectivity index (χ3n) is 5.80. The zero-order valence-electron chi connectivity index (χ0n) is 19.8. The molecule has 0 fully saturated rings. The number of carbonyl (C=O) groups excluding carboxylic acids is 1. The predicted octanol–water partition coefficient (Wildman–Crippen LogP) is 5.89. The maximum Gasteiger partial charge on any atom is 0.237 e. The van der Waals surface area contributed by atoms with Crippen LogP contribution in [0.3, 0.4) is 0 Å². The maximum absolute atomic E-state index is 13.1. The van der Waals surface area contributed by atoms with E-state index in [2.05, 4.69) is 41.7 Å². The summed E-state index contributed by atoms with van der Waals surface area (Å²) in [7, 11) is 0. The van der Waals surface area contributed by atoms with Crippen LogP contribution >= 0.6 is 11.8 Å². The van der Waals surface area contributed by atoms with Gasteiger partial charge in [0.05, 0.1) is 17.1 Å². The normalized spacial score (nSPS) is 13.8. The second kappa shape index (κ2) is 9.91. The first kappa shape index (κ1) is 23.2. The zero-order chi connectivity index (χ0) is 23.5. The molecule has 0 radical (unpaired) electrons. The minimum absolute atomic E-state index is 0.0252. The van der Waals surface area contributed by atoms with E-state index in [1.54, 1.807) is 0 Å². The number of amides is 1. The van der Waals surface area contributed by atoms with Gasteiger partial charge in [0, 0.05) is 17.8 Å². The zero-order valence-corrected chi connectivity index (χ0v) is 20.7. The number of aromatic nitrogens is 2. The molecule has 1 N–H and O–H groups in total. The highest BCUT2D eigenvalue weighted by Gasteiger charge is 2.22. The molecule has 1 aliphatic rings. The fourth-order valence-electron chi connectivity index (χ4n) is 3.97. The van der Waals surface area contributed by atoms with Crippen LogP contribution in [-0.2, 0) is 11.3 Å². The Morgan fingerprint density at radius 3 is 2.64 bits per heavy atom. The molecule has 7 heteroatoms. The Balaban J connectivity index is 1.53. The molecular weight excluding hydrogens is 434 g/mol. The van der Waals surface area contributed by atoms with Crippen LogP contribution in [0.5, 0.6) is 11.5 Å². The van der Waals surface area contributed by atoms with Crippen LogP contribution in [0.25, 0.3) is 11.3 Å². The number of thioether (sulfide) groups is 1. The topological polar surface area (TPSA) is 65.4 Å². The molecule has 6 nitrogen and oxygen atoms in total. The Bertz CT molecular complexity index is 1160. The van der Waals surface area contributed by atoms with Crippen molar-refractivity contribution >= 4 is 23.4 Å². The molecule has 0 saturated carbocycles. The van der Waals surface area contributed by atoms with Crippen molar-refractivity contribution in [2.75, 3.05) is 18.5 Å². The number of nitrogens with one attached hydrogen (secondary N) is 1. The quantitative estimate of drug-likeness (QED) is 0.441. The number of rotatable bonds is 7. The Labute approximate surface area is 199 Å². The lowest BCUT2D eigenvalue weighted by molar-refractivity contribution is -0.115. The van der Waals surface area contributed by atoms with E-state index in [1.165, 1.54) is 11.8 Å². The SMILES string of the molecule is CCn1c(-c2ccc3c(c2)OCCO3)cnc1SC(C)C(=O)Nc1c(C)cccc1C(C)C. The van der Waals surface area contributed by atoms with E-state index in [0.717, 1.165) is 51.3 Å². The summed E-state index contributed by atoms with van der Waals surface area (Å²) in [5.41, 5.74) is 5.14. The standard InChI is InChI=1S/C26H31N3O3S/c1-6-29-21(19-10-11-22-23(14-19)32-13-12-31-22)15-27-26(29)33-18(5)25(30)28-24-17(4)8-7-9-20(24)16(2)3/h7-11,14-16,18H,6,12-13H2,1-5H3,(H,28,30). The van der Waals surface area contributed by atoms with Gasteiger partial charge in [-0.25, -0.2) is 4.98 Å². The van der Waals surface area contributed by atoms with E-state index in [-0.39, 0.29) is 11.2 Å².